The minimum absolute atomic E-state index is 0.118. The second-order valence-electron chi connectivity index (χ2n) is 7.53. The molecule has 172 valence electrons. The lowest BCUT2D eigenvalue weighted by Crippen LogP contribution is -2.37. The van der Waals surface area contributed by atoms with Gasteiger partial charge in [0.1, 0.15) is 12.0 Å². The second-order valence-corrected chi connectivity index (χ2v) is 7.53. The number of nitrogens with zero attached hydrogens (tertiary/aromatic N) is 5. The van der Waals surface area contributed by atoms with Crippen LogP contribution in [0.25, 0.3) is 11.3 Å². The zero-order valence-corrected chi connectivity index (χ0v) is 17.0. The Balaban J connectivity index is 1.88. The first kappa shape index (κ1) is 22.1. The number of rotatable bonds is 4. The fourth-order valence-electron chi connectivity index (χ4n) is 3.84. The largest absolute Gasteiger partial charge is 0.462 e. The highest BCUT2D eigenvalue weighted by atomic mass is 19.4. The summed E-state index contributed by atoms with van der Waals surface area (Å²) in [4.78, 5) is 30.1. The monoisotopic (exact) mass is 454 g/mol. The van der Waals surface area contributed by atoms with E-state index in [0.717, 1.165) is 6.20 Å². The van der Waals surface area contributed by atoms with E-state index < -0.39 is 47.3 Å². The average Bonchev–Trinajstić information content (AvgIpc) is 3.06. The number of carbonyl (C=O) groups excluding carboxylic acids is 1. The van der Waals surface area contributed by atoms with Crippen molar-refractivity contribution in [1.82, 2.24) is 19.9 Å². The molecule has 0 spiro atoms. The van der Waals surface area contributed by atoms with Gasteiger partial charge in [-0.15, -0.1) is 0 Å². The lowest BCUT2D eigenvalue weighted by atomic mass is 9.88. The lowest BCUT2D eigenvalue weighted by molar-refractivity contribution is -0.142. The number of aliphatic hydroxyl groups excluding tert-OH is 1. The Morgan fingerprint density at radius 1 is 1.25 bits per heavy atom. The molecule has 0 amide bonds. The number of anilines is 2. The number of aliphatic hydroxyl groups is 1. The first-order valence-corrected chi connectivity index (χ1v) is 9.92. The number of esters is 1. The Morgan fingerprint density at radius 3 is 2.62 bits per heavy atom. The number of hydrogen-bond acceptors (Lipinski definition) is 10. The highest BCUT2D eigenvalue weighted by Crippen LogP contribution is 2.39. The van der Waals surface area contributed by atoms with Gasteiger partial charge in [0.25, 0.3) is 0 Å². The summed E-state index contributed by atoms with van der Waals surface area (Å²) in [7, 11) is 0. The van der Waals surface area contributed by atoms with Crippen LogP contribution in [0, 0.1) is 5.92 Å². The molecule has 32 heavy (non-hydrogen) atoms. The van der Waals surface area contributed by atoms with Crippen LogP contribution in [-0.4, -0.2) is 70.0 Å². The molecule has 0 saturated carbocycles. The van der Waals surface area contributed by atoms with Crippen LogP contribution >= 0.6 is 0 Å². The van der Waals surface area contributed by atoms with Crippen molar-refractivity contribution in [1.29, 1.82) is 0 Å². The maximum Gasteiger partial charge on any atom is 0.434 e. The maximum absolute atomic E-state index is 13.7. The van der Waals surface area contributed by atoms with E-state index in [9.17, 15) is 23.1 Å². The van der Waals surface area contributed by atoms with Crippen LogP contribution in [0.3, 0.4) is 0 Å². The van der Waals surface area contributed by atoms with Gasteiger partial charge in [-0.25, -0.2) is 19.9 Å². The van der Waals surface area contributed by atoms with Crippen LogP contribution in [-0.2, 0) is 20.4 Å². The van der Waals surface area contributed by atoms with E-state index in [1.807, 2.05) is 0 Å². The minimum Gasteiger partial charge on any atom is -0.462 e. The van der Waals surface area contributed by atoms with Crippen LogP contribution in [0.5, 0.6) is 0 Å². The predicted octanol–water partition coefficient (Wildman–Crippen LogP) is 1.01. The zero-order chi connectivity index (χ0) is 23.0. The van der Waals surface area contributed by atoms with Gasteiger partial charge in [-0.1, -0.05) is 0 Å². The number of aromatic nitrogens is 4. The molecule has 0 aliphatic carbocycles. The summed E-state index contributed by atoms with van der Waals surface area (Å²) in [5.74, 6) is -2.57. The van der Waals surface area contributed by atoms with Crippen molar-refractivity contribution in [2.24, 2.45) is 5.92 Å². The summed E-state index contributed by atoms with van der Waals surface area (Å²) in [6.45, 7) is 2.90. The van der Waals surface area contributed by atoms with Gasteiger partial charge >= 0.3 is 12.1 Å². The Bertz CT molecular complexity index is 1020. The highest BCUT2D eigenvalue weighted by Gasteiger charge is 2.45. The zero-order valence-electron chi connectivity index (χ0n) is 17.0. The molecule has 3 N–H and O–H groups in total. The van der Waals surface area contributed by atoms with Crippen LogP contribution < -0.4 is 10.6 Å². The van der Waals surface area contributed by atoms with Gasteiger partial charge in [0.2, 0.25) is 11.9 Å². The molecule has 4 heterocycles. The Kier molecular flexibility index (Phi) is 5.86. The lowest BCUT2D eigenvalue weighted by Gasteiger charge is -2.28. The van der Waals surface area contributed by atoms with Gasteiger partial charge in [-0.2, -0.15) is 13.2 Å². The maximum atomic E-state index is 13.7. The number of nitrogens with two attached hydrogens (primary N) is 1. The molecule has 2 aromatic heterocycles. The summed E-state index contributed by atoms with van der Waals surface area (Å²) >= 11 is 0. The molecule has 0 aromatic carbocycles. The van der Waals surface area contributed by atoms with Crippen molar-refractivity contribution in [2.75, 3.05) is 43.5 Å². The molecule has 2 fully saturated rings. The van der Waals surface area contributed by atoms with E-state index in [4.69, 9.17) is 15.2 Å². The number of cyclic esters (lactones) is 1. The fourth-order valence-corrected chi connectivity index (χ4v) is 3.84. The third-order valence-corrected chi connectivity index (χ3v) is 5.50. The van der Waals surface area contributed by atoms with Crippen LogP contribution in [0.1, 0.15) is 24.2 Å². The molecule has 3 atom stereocenters. The van der Waals surface area contributed by atoms with E-state index in [-0.39, 0.29) is 23.9 Å². The Labute approximate surface area is 180 Å². The molecule has 0 radical (unpaired) electrons. The number of halogens is 3. The van der Waals surface area contributed by atoms with Crippen LogP contribution in [0.15, 0.2) is 12.3 Å². The highest BCUT2D eigenvalue weighted by molar-refractivity contribution is 5.81. The number of carbonyl (C=O) groups is 1. The standard InChI is InChI=1S/C19H21F3N6O4/c1-9-11(8-29)14(16(30)32-9)13-6-12(25-18(26-13)28-2-4-31-5-3-28)10-7-24-17(23)27-15(10)19(20,21)22/h6-7,9,11,14,29H,2-5,8H2,1H3,(H2,23,24,27). The van der Waals surface area contributed by atoms with Crippen molar-refractivity contribution in [3.05, 3.63) is 23.7 Å². The van der Waals surface area contributed by atoms with Crippen molar-refractivity contribution < 1.29 is 32.5 Å². The number of morpholine rings is 1. The van der Waals surface area contributed by atoms with Crippen molar-refractivity contribution in [3.8, 4) is 11.3 Å². The van der Waals surface area contributed by atoms with E-state index in [1.165, 1.54) is 6.07 Å². The number of ether oxygens (including phenoxy) is 2. The van der Waals surface area contributed by atoms with Gasteiger partial charge in [0.15, 0.2) is 5.69 Å². The molecule has 10 nitrogen and oxygen atoms in total. The molecular weight excluding hydrogens is 433 g/mol. The second kappa shape index (κ2) is 8.47. The molecule has 2 saturated heterocycles. The van der Waals surface area contributed by atoms with Gasteiger partial charge in [0, 0.05) is 30.8 Å². The summed E-state index contributed by atoms with van der Waals surface area (Å²) < 4.78 is 51.6. The Hall–Kier alpha value is -3.06. The van der Waals surface area contributed by atoms with Gasteiger partial charge in [0.05, 0.1) is 31.2 Å². The van der Waals surface area contributed by atoms with Crippen molar-refractivity contribution in [3.63, 3.8) is 0 Å². The summed E-state index contributed by atoms with van der Waals surface area (Å²) in [6, 6.07) is 1.28. The Morgan fingerprint density at radius 2 is 1.97 bits per heavy atom. The van der Waals surface area contributed by atoms with Gasteiger partial charge < -0.3 is 25.2 Å². The SMILES string of the molecule is CC1OC(=O)C(c2cc(-c3cnc(N)nc3C(F)(F)F)nc(N3CCOCC3)n2)C1CO. The predicted molar refractivity (Wildman–Crippen MR) is 104 cm³/mol. The van der Waals surface area contributed by atoms with Gasteiger partial charge in [-0.05, 0) is 13.0 Å². The summed E-state index contributed by atoms with van der Waals surface area (Å²) in [5.41, 5.74) is 3.77. The smallest absolute Gasteiger partial charge is 0.434 e. The third kappa shape index (κ3) is 4.17. The summed E-state index contributed by atoms with van der Waals surface area (Å²) in [5, 5.41) is 9.79. The fraction of sp³-hybridized carbons (Fsp3) is 0.526. The molecule has 13 heteroatoms. The molecule has 2 aliphatic rings. The van der Waals surface area contributed by atoms with E-state index in [0.29, 0.717) is 26.3 Å². The topological polar surface area (TPSA) is 137 Å². The molecule has 3 unspecified atom stereocenters. The van der Waals surface area contributed by atoms with E-state index in [2.05, 4.69) is 19.9 Å². The average molecular weight is 454 g/mol. The quantitative estimate of drug-likeness (QED) is 0.644. The van der Waals surface area contributed by atoms with E-state index >= 15 is 0 Å². The van der Waals surface area contributed by atoms with Gasteiger partial charge in [-0.3, -0.25) is 4.79 Å². The normalized spacial score (nSPS) is 24.0. The van der Waals surface area contributed by atoms with Crippen molar-refractivity contribution in [2.45, 2.75) is 25.1 Å². The third-order valence-electron chi connectivity index (χ3n) is 5.50. The number of hydrogen-bond donors (Lipinski definition) is 2. The first-order valence-electron chi connectivity index (χ1n) is 9.92. The molecule has 2 aromatic rings. The summed E-state index contributed by atoms with van der Waals surface area (Å²) in [6.07, 6.45) is -4.45. The van der Waals surface area contributed by atoms with E-state index in [1.54, 1.807) is 11.8 Å². The molecule has 0 bridgehead atoms. The van der Waals surface area contributed by atoms with Crippen LogP contribution in [0.2, 0.25) is 0 Å². The first-order chi connectivity index (χ1) is 15.2. The number of nitrogen functional groups attached to an aromatic ring is 1. The molecule has 4 rings (SSSR count). The molecular formula is C19H21F3N6O4. The van der Waals surface area contributed by atoms with Crippen LogP contribution in [0.4, 0.5) is 25.1 Å². The number of alkyl halides is 3. The minimum atomic E-state index is -4.81. The van der Waals surface area contributed by atoms with Crippen molar-refractivity contribution >= 4 is 17.9 Å². The molecule has 2 aliphatic heterocycles.